The smallest absolute Gasteiger partial charge is 0.121 e. The zero-order valence-electron chi connectivity index (χ0n) is 9.40. The standard InChI is InChI=1S/C13H18O2/c1-3-9-13(2)10-12(14-15-13)11-7-5-4-6-8-11/h4-8,12H,3,9-10H2,1-2H3. The second-order valence-corrected chi connectivity index (χ2v) is 4.48. The van der Waals surface area contributed by atoms with Crippen LogP contribution in [0.5, 0.6) is 0 Å². The van der Waals surface area contributed by atoms with E-state index in [9.17, 15) is 0 Å². The number of hydrogen-bond acceptors (Lipinski definition) is 2. The highest BCUT2D eigenvalue weighted by molar-refractivity contribution is 5.18. The summed E-state index contributed by atoms with van der Waals surface area (Å²) in [6, 6.07) is 10.3. The summed E-state index contributed by atoms with van der Waals surface area (Å²) in [5, 5.41) is 0. The Balaban J connectivity index is 2.04. The summed E-state index contributed by atoms with van der Waals surface area (Å²) in [6.07, 6.45) is 3.23. The maximum atomic E-state index is 5.45. The molecule has 1 fully saturated rings. The molecule has 0 bridgehead atoms. The van der Waals surface area contributed by atoms with E-state index >= 15 is 0 Å². The number of benzene rings is 1. The fraction of sp³-hybridized carbons (Fsp3) is 0.538. The molecule has 2 heteroatoms. The second-order valence-electron chi connectivity index (χ2n) is 4.48. The maximum absolute atomic E-state index is 5.45. The van der Waals surface area contributed by atoms with Gasteiger partial charge in [0.15, 0.2) is 0 Å². The Hall–Kier alpha value is -0.860. The maximum Gasteiger partial charge on any atom is 0.121 e. The molecule has 1 saturated heterocycles. The largest absolute Gasteiger partial charge is 0.230 e. The van der Waals surface area contributed by atoms with Crippen molar-refractivity contribution in [2.45, 2.75) is 44.8 Å². The number of rotatable bonds is 3. The van der Waals surface area contributed by atoms with E-state index in [1.807, 2.05) is 18.2 Å². The van der Waals surface area contributed by atoms with E-state index in [4.69, 9.17) is 9.78 Å². The van der Waals surface area contributed by atoms with Gasteiger partial charge in [0, 0.05) is 6.42 Å². The van der Waals surface area contributed by atoms with Crippen LogP contribution in [0, 0.1) is 0 Å². The van der Waals surface area contributed by atoms with E-state index in [1.54, 1.807) is 0 Å². The summed E-state index contributed by atoms with van der Waals surface area (Å²) < 4.78 is 0. The lowest BCUT2D eigenvalue weighted by Gasteiger charge is -2.18. The van der Waals surface area contributed by atoms with Crippen LogP contribution in [0.4, 0.5) is 0 Å². The molecule has 2 atom stereocenters. The highest BCUT2D eigenvalue weighted by Crippen LogP contribution is 2.39. The summed E-state index contributed by atoms with van der Waals surface area (Å²) in [5.74, 6) is 0. The molecule has 0 saturated carbocycles. The second kappa shape index (κ2) is 4.33. The van der Waals surface area contributed by atoms with Gasteiger partial charge in [-0.1, -0.05) is 43.7 Å². The Kier molecular flexibility index (Phi) is 3.08. The van der Waals surface area contributed by atoms with Crippen molar-refractivity contribution < 1.29 is 9.78 Å². The monoisotopic (exact) mass is 206 g/mol. The van der Waals surface area contributed by atoms with Gasteiger partial charge in [-0.15, -0.1) is 0 Å². The van der Waals surface area contributed by atoms with Gasteiger partial charge in [0.05, 0.1) is 0 Å². The fourth-order valence-electron chi connectivity index (χ4n) is 2.15. The van der Waals surface area contributed by atoms with Crippen molar-refractivity contribution in [3.8, 4) is 0 Å². The predicted molar refractivity (Wildman–Crippen MR) is 59.3 cm³/mol. The van der Waals surface area contributed by atoms with Crippen LogP contribution in [-0.4, -0.2) is 5.60 Å². The van der Waals surface area contributed by atoms with Crippen LogP contribution < -0.4 is 0 Å². The zero-order chi connectivity index (χ0) is 10.7. The average molecular weight is 206 g/mol. The molecule has 2 rings (SSSR count). The van der Waals surface area contributed by atoms with Crippen molar-refractivity contribution in [3.63, 3.8) is 0 Å². The molecule has 1 heterocycles. The highest BCUT2D eigenvalue weighted by Gasteiger charge is 2.38. The third-order valence-corrected chi connectivity index (χ3v) is 2.93. The van der Waals surface area contributed by atoms with Crippen LogP contribution in [0.2, 0.25) is 0 Å². The SMILES string of the molecule is CCCC1(C)CC(c2ccccc2)OO1. The summed E-state index contributed by atoms with van der Waals surface area (Å²) in [4.78, 5) is 10.9. The first-order valence-electron chi connectivity index (χ1n) is 5.63. The summed E-state index contributed by atoms with van der Waals surface area (Å²) in [7, 11) is 0. The van der Waals surface area contributed by atoms with E-state index in [2.05, 4.69) is 26.0 Å². The van der Waals surface area contributed by atoms with Crippen molar-refractivity contribution in [2.75, 3.05) is 0 Å². The first-order valence-corrected chi connectivity index (χ1v) is 5.63. The third-order valence-electron chi connectivity index (χ3n) is 2.93. The molecule has 2 nitrogen and oxygen atoms in total. The Bertz CT molecular complexity index is 310. The quantitative estimate of drug-likeness (QED) is 0.703. The molecule has 2 unspecified atom stereocenters. The highest BCUT2D eigenvalue weighted by atomic mass is 17.2. The van der Waals surface area contributed by atoms with Gasteiger partial charge < -0.3 is 0 Å². The molecule has 0 spiro atoms. The number of hydrogen-bond donors (Lipinski definition) is 0. The van der Waals surface area contributed by atoms with Crippen molar-refractivity contribution in [1.29, 1.82) is 0 Å². The minimum absolute atomic E-state index is 0.0998. The van der Waals surface area contributed by atoms with Crippen LogP contribution in [-0.2, 0) is 9.78 Å². The topological polar surface area (TPSA) is 18.5 Å². The Morgan fingerprint density at radius 1 is 1.33 bits per heavy atom. The molecular weight excluding hydrogens is 188 g/mol. The Morgan fingerprint density at radius 3 is 2.73 bits per heavy atom. The predicted octanol–water partition coefficient (Wildman–Crippen LogP) is 3.64. The van der Waals surface area contributed by atoms with E-state index in [1.165, 1.54) is 5.56 Å². The molecule has 15 heavy (non-hydrogen) atoms. The molecule has 0 aliphatic carbocycles. The van der Waals surface area contributed by atoms with Gasteiger partial charge in [-0.25, -0.2) is 9.78 Å². The molecular formula is C13H18O2. The van der Waals surface area contributed by atoms with E-state index < -0.39 is 0 Å². The summed E-state index contributed by atoms with van der Waals surface area (Å²) in [6.45, 7) is 4.30. The molecule has 1 aliphatic heterocycles. The van der Waals surface area contributed by atoms with Crippen LogP contribution in [0.1, 0.15) is 44.8 Å². The van der Waals surface area contributed by atoms with Crippen molar-refractivity contribution in [2.24, 2.45) is 0 Å². The molecule has 1 aromatic rings. The lowest BCUT2D eigenvalue weighted by molar-refractivity contribution is -0.325. The first-order chi connectivity index (χ1) is 7.23. The molecule has 1 aromatic carbocycles. The van der Waals surface area contributed by atoms with Gasteiger partial charge in [-0.2, -0.15) is 0 Å². The van der Waals surface area contributed by atoms with Gasteiger partial charge in [-0.05, 0) is 18.9 Å². The van der Waals surface area contributed by atoms with Crippen LogP contribution in [0.3, 0.4) is 0 Å². The van der Waals surface area contributed by atoms with E-state index in [-0.39, 0.29) is 11.7 Å². The molecule has 0 radical (unpaired) electrons. The molecule has 0 N–H and O–H groups in total. The van der Waals surface area contributed by atoms with Gasteiger partial charge in [-0.3, -0.25) is 0 Å². The molecule has 82 valence electrons. The van der Waals surface area contributed by atoms with Gasteiger partial charge in [0.2, 0.25) is 0 Å². The van der Waals surface area contributed by atoms with Crippen LogP contribution >= 0.6 is 0 Å². The van der Waals surface area contributed by atoms with Crippen LogP contribution in [0.15, 0.2) is 30.3 Å². The Labute approximate surface area is 91.1 Å². The van der Waals surface area contributed by atoms with Gasteiger partial charge >= 0.3 is 0 Å². The summed E-state index contributed by atoms with van der Waals surface area (Å²) >= 11 is 0. The average Bonchev–Trinajstić information content (AvgIpc) is 2.63. The van der Waals surface area contributed by atoms with E-state index in [0.717, 1.165) is 19.3 Å². The van der Waals surface area contributed by atoms with Crippen molar-refractivity contribution in [1.82, 2.24) is 0 Å². The van der Waals surface area contributed by atoms with E-state index in [0.29, 0.717) is 0 Å². The lowest BCUT2D eigenvalue weighted by atomic mass is 9.91. The first kappa shape index (κ1) is 10.7. The van der Waals surface area contributed by atoms with Gasteiger partial charge in [0.1, 0.15) is 11.7 Å². The summed E-state index contributed by atoms with van der Waals surface area (Å²) in [5.41, 5.74) is 1.10. The Morgan fingerprint density at radius 2 is 2.07 bits per heavy atom. The molecule has 0 aromatic heterocycles. The zero-order valence-corrected chi connectivity index (χ0v) is 9.40. The minimum atomic E-state index is -0.102. The van der Waals surface area contributed by atoms with Crippen molar-refractivity contribution in [3.05, 3.63) is 35.9 Å². The van der Waals surface area contributed by atoms with Crippen LogP contribution in [0.25, 0.3) is 0 Å². The van der Waals surface area contributed by atoms with Crippen molar-refractivity contribution >= 4 is 0 Å². The minimum Gasteiger partial charge on any atom is -0.230 e. The normalized spacial score (nSPS) is 30.7. The van der Waals surface area contributed by atoms with Gasteiger partial charge in [0.25, 0.3) is 0 Å². The molecule has 1 aliphatic rings. The fourth-order valence-corrected chi connectivity index (χ4v) is 2.15. The molecule has 0 amide bonds. The lowest BCUT2D eigenvalue weighted by Crippen LogP contribution is -2.22. The third kappa shape index (κ3) is 2.39.